The summed E-state index contributed by atoms with van der Waals surface area (Å²) >= 11 is 0. The summed E-state index contributed by atoms with van der Waals surface area (Å²) in [6, 6.07) is 12.1. The minimum absolute atomic E-state index is 0.0171. The lowest BCUT2D eigenvalue weighted by atomic mass is 9.94. The Morgan fingerprint density at radius 1 is 0.838 bits per heavy atom. The first-order chi connectivity index (χ1) is 17.9. The molecule has 0 aromatic heterocycles. The van der Waals surface area contributed by atoms with Crippen LogP contribution >= 0.6 is 0 Å². The fourth-order valence-electron chi connectivity index (χ4n) is 5.32. The first kappa shape index (κ1) is 26.5. The van der Waals surface area contributed by atoms with Crippen molar-refractivity contribution >= 4 is 29.1 Å². The smallest absolute Gasteiger partial charge is 0.254 e. The Hall–Kier alpha value is -3.59. The average Bonchev–Trinajstić information content (AvgIpc) is 3.43. The summed E-state index contributed by atoms with van der Waals surface area (Å²) in [5.74, 6) is 1.22. The number of carbonyl (C=O) groups is 3. The zero-order chi connectivity index (χ0) is 26.4. The highest BCUT2D eigenvalue weighted by Gasteiger charge is 2.37. The predicted octanol–water partition coefficient (Wildman–Crippen LogP) is 3.62. The molecule has 1 aliphatic heterocycles. The summed E-state index contributed by atoms with van der Waals surface area (Å²) in [5, 5.41) is 5.82. The van der Waals surface area contributed by atoms with Crippen molar-refractivity contribution in [1.29, 1.82) is 0 Å². The molecule has 2 N–H and O–H groups in total. The predicted molar refractivity (Wildman–Crippen MR) is 142 cm³/mol. The van der Waals surface area contributed by atoms with Crippen LogP contribution in [0.2, 0.25) is 0 Å². The summed E-state index contributed by atoms with van der Waals surface area (Å²) < 4.78 is 10.6. The van der Waals surface area contributed by atoms with Gasteiger partial charge in [-0.1, -0.05) is 12.8 Å². The first-order valence-electron chi connectivity index (χ1n) is 12.8. The van der Waals surface area contributed by atoms with Crippen LogP contribution in [-0.2, 0) is 9.59 Å². The van der Waals surface area contributed by atoms with Crippen LogP contribution in [0.1, 0.15) is 43.0 Å². The minimum Gasteiger partial charge on any atom is -0.497 e. The highest BCUT2D eigenvalue weighted by molar-refractivity contribution is 5.96. The molecule has 2 fully saturated rings. The maximum atomic E-state index is 13.5. The van der Waals surface area contributed by atoms with E-state index in [0.29, 0.717) is 60.5 Å². The van der Waals surface area contributed by atoms with Gasteiger partial charge in [0, 0.05) is 56.1 Å². The van der Waals surface area contributed by atoms with E-state index < -0.39 is 0 Å². The van der Waals surface area contributed by atoms with E-state index in [-0.39, 0.29) is 23.8 Å². The Morgan fingerprint density at radius 2 is 1.38 bits per heavy atom. The number of nitrogens with zero attached hydrogens (tertiary/aromatic N) is 2. The Balaban J connectivity index is 1.42. The van der Waals surface area contributed by atoms with Crippen LogP contribution in [0.5, 0.6) is 11.5 Å². The van der Waals surface area contributed by atoms with Crippen molar-refractivity contribution in [2.75, 3.05) is 51.0 Å². The Bertz CT molecular complexity index is 1080. The van der Waals surface area contributed by atoms with Crippen LogP contribution in [0.3, 0.4) is 0 Å². The maximum Gasteiger partial charge on any atom is 0.254 e. The number of amides is 3. The number of nitrogens with one attached hydrogen (secondary N) is 2. The second-order valence-electron chi connectivity index (χ2n) is 9.67. The Labute approximate surface area is 218 Å². The molecule has 1 saturated carbocycles. The Kier molecular flexibility index (Phi) is 8.66. The van der Waals surface area contributed by atoms with Gasteiger partial charge in [0.25, 0.3) is 5.91 Å². The van der Waals surface area contributed by atoms with Gasteiger partial charge in [-0.25, -0.2) is 0 Å². The highest BCUT2D eigenvalue weighted by atomic mass is 16.5. The number of methoxy groups -OCH3 is 2. The fraction of sp³-hybridized carbons (Fsp3) is 0.464. The highest BCUT2D eigenvalue weighted by Crippen LogP contribution is 2.32. The molecule has 2 aromatic carbocycles. The van der Waals surface area contributed by atoms with Gasteiger partial charge < -0.3 is 25.0 Å². The number of hydrogen-bond acceptors (Lipinski definition) is 6. The van der Waals surface area contributed by atoms with Crippen LogP contribution in [-0.4, -0.2) is 74.0 Å². The van der Waals surface area contributed by atoms with Gasteiger partial charge in [-0.05, 0) is 55.2 Å². The van der Waals surface area contributed by atoms with Crippen LogP contribution in [0.4, 0.5) is 11.4 Å². The molecule has 2 aliphatic rings. The van der Waals surface area contributed by atoms with E-state index >= 15 is 0 Å². The lowest BCUT2D eigenvalue weighted by molar-refractivity contribution is -0.124. The zero-order valence-electron chi connectivity index (χ0n) is 21.8. The number of piperazine rings is 1. The lowest BCUT2D eigenvalue weighted by Crippen LogP contribution is -2.56. The number of ether oxygens (including phenoxy) is 2. The molecular weight excluding hydrogens is 472 g/mol. The molecule has 9 nitrogen and oxygen atoms in total. The van der Waals surface area contributed by atoms with Gasteiger partial charge in [0.15, 0.2) is 0 Å². The van der Waals surface area contributed by atoms with E-state index in [1.807, 2.05) is 4.90 Å². The molecule has 0 bridgehead atoms. The number of rotatable bonds is 8. The molecule has 1 saturated heterocycles. The molecule has 4 rings (SSSR count). The molecule has 1 atom stereocenters. The molecule has 9 heteroatoms. The second kappa shape index (κ2) is 12.1. The van der Waals surface area contributed by atoms with Crippen molar-refractivity contribution in [1.82, 2.24) is 9.80 Å². The number of carbonyl (C=O) groups excluding carboxylic acids is 3. The van der Waals surface area contributed by atoms with Crippen molar-refractivity contribution < 1.29 is 23.9 Å². The van der Waals surface area contributed by atoms with Gasteiger partial charge in [0.1, 0.15) is 11.5 Å². The summed E-state index contributed by atoms with van der Waals surface area (Å²) in [6.45, 7) is 3.80. The van der Waals surface area contributed by atoms with E-state index in [1.165, 1.54) is 6.92 Å². The van der Waals surface area contributed by atoms with Gasteiger partial charge in [-0.3, -0.25) is 19.3 Å². The molecular formula is C28H36N4O5. The van der Waals surface area contributed by atoms with Crippen molar-refractivity contribution in [2.45, 2.75) is 38.6 Å². The third-order valence-electron chi connectivity index (χ3n) is 7.18. The quantitative estimate of drug-likeness (QED) is 0.565. The fourth-order valence-corrected chi connectivity index (χ4v) is 5.32. The SMILES string of the molecule is COc1cc(OC)cc(C(=O)N2CCN([C@H](C(=O)Nc3ccc(NC(C)=O)cc3)C3CCCC3)CC2)c1. The molecule has 0 unspecified atom stereocenters. The van der Waals surface area contributed by atoms with Crippen LogP contribution in [0.25, 0.3) is 0 Å². The molecule has 1 heterocycles. The molecule has 0 spiro atoms. The Morgan fingerprint density at radius 3 is 1.89 bits per heavy atom. The molecule has 37 heavy (non-hydrogen) atoms. The lowest BCUT2D eigenvalue weighted by Gasteiger charge is -2.40. The van der Waals surface area contributed by atoms with E-state index in [2.05, 4.69) is 15.5 Å². The van der Waals surface area contributed by atoms with Crippen molar-refractivity contribution in [3.05, 3.63) is 48.0 Å². The van der Waals surface area contributed by atoms with Gasteiger partial charge >= 0.3 is 0 Å². The van der Waals surface area contributed by atoms with Crippen LogP contribution in [0.15, 0.2) is 42.5 Å². The van der Waals surface area contributed by atoms with Crippen LogP contribution in [0, 0.1) is 5.92 Å². The summed E-state index contributed by atoms with van der Waals surface area (Å²) in [4.78, 5) is 42.1. The van der Waals surface area contributed by atoms with Gasteiger partial charge in [0.05, 0.1) is 20.3 Å². The third-order valence-corrected chi connectivity index (χ3v) is 7.18. The first-order valence-corrected chi connectivity index (χ1v) is 12.8. The van der Waals surface area contributed by atoms with Gasteiger partial charge in [-0.2, -0.15) is 0 Å². The van der Waals surface area contributed by atoms with E-state index in [1.54, 1.807) is 56.7 Å². The molecule has 1 aliphatic carbocycles. The molecule has 2 aromatic rings. The minimum atomic E-state index is -0.244. The topological polar surface area (TPSA) is 100 Å². The largest absolute Gasteiger partial charge is 0.497 e. The molecule has 198 valence electrons. The second-order valence-corrected chi connectivity index (χ2v) is 9.67. The summed E-state index contributed by atoms with van der Waals surface area (Å²) in [5.41, 5.74) is 1.91. The number of anilines is 2. The normalized spacial score (nSPS) is 17.2. The van der Waals surface area contributed by atoms with Gasteiger partial charge in [0.2, 0.25) is 11.8 Å². The van der Waals surface area contributed by atoms with Crippen molar-refractivity contribution in [2.24, 2.45) is 5.92 Å². The summed E-state index contributed by atoms with van der Waals surface area (Å²) in [6.07, 6.45) is 4.33. The monoisotopic (exact) mass is 508 g/mol. The van der Waals surface area contributed by atoms with E-state index in [9.17, 15) is 14.4 Å². The maximum absolute atomic E-state index is 13.5. The van der Waals surface area contributed by atoms with E-state index in [0.717, 1.165) is 25.7 Å². The zero-order valence-corrected chi connectivity index (χ0v) is 21.8. The van der Waals surface area contributed by atoms with Crippen molar-refractivity contribution in [3.8, 4) is 11.5 Å². The molecule has 3 amide bonds. The van der Waals surface area contributed by atoms with Crippen molar-refractivity contribution in [3.63, 3.8) is 0 Å². The molecule has 0 radical (unpaired) electrons. The number of hydrogen-bond donors (Lipinski definition) is 2. The van der Waals surface area contributed by atoms with Crippen LogP contribution < -0.4 is 20.1 Å². The van der Waals surface area contributed by atoms with E-state index in [4.69, 9.17) is 9.47 Å². The standard InChI is InChI=1S/C28H36N4O5/c1-19(33)29-22-8-10-23(11-9-22)30-27(34)26(20-6-4-5-7-20)31-12-14-32(15-13-31)28(35)21-16-24(36-2)18-25(17-21)37-3/h8-11,16-18,20,26H,4-7,12-15H2,1-3H3,(H,29,33)(H,30,34)/t26-/m0/s1. The number of benzene rings is 2. The average molecular weight is 509 g/mol. The summed E-state index contributed by atoms with van der Waals surface area (Å²) in [7, 11) is 3.13. The third kappa shape index (κ3) is 6.60. The van der Waals surface area contributed by atoms with Gasteiger partial charge in [-0.15, -0.1) is 0 Å².